The number of carbonyl (C=O) groups excluding carboxylic acids is 1. The molecular formula is C18H19FN2O3. The minimum atomic E-state index is -0.647. The number of hydrogen-bond acceptors (Lipinski definition) is 3. The normalized spacial score (nSPS) is 13.3. The highest BCUT2D eigenvalue weighted by Crippen LogP contribution is 2.32. The van der Waals surface area contributed by atoms with Crippen LogP contribution >= 0.6 is 0 Å². The highest BCUT2D eigenvalue weighted by molar-refractivity contribution is 5.90. The Labute approximate surface area is 139 Å². The van der Waals surface area contributed by atoms with E-state index >= 15 is 0 Å². The van der Waals surface area contributed by atoms with Crippen LogP contribution in [-0.4, -0.2) is 19.2 Å². The molecule has 0 saturated heterocycles. The van der Waals surface area contributed by atoms with Crippen molar-refractivity contribution in [2.75, 3.05) is 18.5 Å². The number of halogens is 1. The largest absolute Gasteiger partial charge is 0.486 e. The molecule has 6 heteroatoms. The van der Waals surface area contributed by atoms with Gasteiger partial charge in [0.1, 0.15) is 19.0 Å². The van der Waals surface area contributed by atoms with Gasteiger partial charge in [-0.15, -0.1) is 0 Å². The summed E-state index contributed by atoms with van der Waals surface area (Å²) in [6, 6.07) is 10.9. The van der Waals surface area contributed by atoms with Gasteiger partial charge in [0, 0.05) is 11.8 Å². The Morgan fingerprint density at radius 3 is 2.42 bits per heavy atom. The average molecular weight is 330 g/mol. The topological polar surface area (TPSA) is 59.6 Å². The summed E-state index contributed by atoms with van der Waals surface area (Å²) in [7, 11) is 0. The summed E-state index contributed by atoms with van der Waals surface area (Å²) in [5.74, 6) is 0.964. The fourth-order valence-corrected chi connectivity index (χ4v) is 2.51. The summed E-state index contributed by atoms with van der Waals surface area (Å²) in [5, 5.41) is 5.65. The first-order valence-corrected chi connectivity index (χ1v) is 7.69. The lowest BCUT2D eigenvalue weighted by atomic mass is 9.94. The maximum atomic E-state index is 13.0. The van der Waals surface area contributed by atoms with Crippen LogP contribution in [-0.2, 0) is 5.54 Å². The zero-order valence-electron chi connectivity index (χ0n) is 13.6. The molecule has 0 fully saturated rings. The zero-order valence-corrected chi connectivity index (χ0v) is 13.6. The number of amides is 2. The Bertz CT molecular complexity index is 744. The summed E-state index contributed by atoms with van der Waals surface area (Å²) in [4.78, 5) is 12.3. The van der Waals surface area contributed by atoms with Crippen molar-refractivity contribution in [3.8, 4) is 11.5 Å². The van der Waals surface area contributed by atoms with E-state index in [0.717, 1.165) is 5.56 Å². The van der Waals surface area contributed by atoms with Crippen LogP contribution in [0.25, 0.3) is 0 Å². The first-order chi connectivity index (χ1) is 11.4. The van der Waals surface area contributed by atoms with E-state index in [2.05, 4.69) is 10.6 Å². The van der Waals surface area contributed by atoms with Crippen LogP contribution in [0.15, 0.2) is 42.5 Å². The van der Waals surface area contributed by atoms with Crippen molar-refractivity contribution < 1.29 is 18.7 Å². The molecule has 1 aliphatic rings. The maximum absolute atomic E-state index is 13.0. The predicted molar refractivity (Wildman–Crippen MR) is 89.0 cm³/mol. The molecule has 5 nitrogen and oxygen atoms in total. The van der Waals surface area contributed by atoms with Gasteiger partial charge in [-0.1, -0.05) is 12.1 Å². The van der Waals surface area contributed by atoms with Gasteiger partial charge in [-0.3, -0.25) is 0 Å². The van der Waals surface area contributed by atoms with E-state index in [0.29, 0.717) is 30.4 Å². The van der Waals surface area contributed by atoms with Crippen molar-refractivity contribution in [3.63, 3.8) is 0 Å². The predicted octanol–water partition coefficient (Wildman–Crippen LogP) is 3.65. The number of carbonyl (C=O) groups is 1. The molecule has 1 heterocycles. The molecule has 0 unspecified atom stereocenters. The van der Waals surface area contributed by atoms with E-state index in [4.69, 9.17) is 9.47 Å². The lowest BCUT2D eigenvalue weighted by Crippen LogP contribution is -2.43. The molecule has 0 aromatic heterocycles. The second kappa shape index (κ2) is 6.39. The summed E-state index contributed by atoms with van der Waals surface area (Å²) < 4.78 is 24.0. The van der Waals surface area contributed by atoms with Gasteiger partial charge in [0.25, 0.3) is 0 Å². The molecule has 126 valence electrons. The van der Waals surface area contributed by atoms with E-state index in [1.165, 1.54) is 12.1 Å². The van der Waals surface area contributed by atoms with Crippen molar-refractivity contribution in [3.05, 3.63) is 53.8 Å². The highest BCUT2D eigenvalue weighted by atomic mass is 19.1. The Morgan fingerprint density at radius 1 is 1.04 bits per heavy atom. The molecule has 2 aromatic carbocycles. The monoisotopic (exact) mass is 330 g/mol. The Hall–Kier alpha value is -2.76. The third-order valence-electron chi connectivity index (χ3n) is 3.79. The molecular weight excluding hydrogens is 311 g/mol. The number of fused-ring (bicyclic) bond motifs is 1. The molecule has 0 saturated carbocycles. The number of benzene rings is 2. The second-order valence-corrected chi connectivity index (χ2v) is 6.07. The number of urea groups is 1. The van der Waals surface area contributed by atoms with E-state index in [-0.39, 0.29) is 11.8 Å². The van der Waals surface area contributed by atoms with Crippen LogP contribution < -0.4 is 20.1 Å². The lowest BCUT2D eigenvalue weighted by molar-refractivity contribution is 0.171. The molecule has 0 atom stereocenters. The van der Waals surface area contributed by atoms with Crippen LogP contribution in [0.4, 0.5) is 14.9 Å². The molecule has 0 aliphatic carbocycles. The first-order valence-electron chi connectivity index (χ1n) is 7.69. The minimum absolute atomic E-state index is 0.310. The van der Waals surface area contributed by atoms with Gasteiger partial charge in [-0.05, 0) is 43.7 Å². The van der Waals surface area contributed by atoms with Gasteiger partial charge < -0.3 is 20.1 Å². The van der Waals surface area contributed by atoms with Crippen molar-refractivity contribution in [1.82, 2.24) is 5.32 Å². The molecule has 2 aromatic rings. The van der Waals surface area contributed by atoms with E-state index in [1.54, 1.807) is 30.3 Å². The quantitative estimate of drug-likeness (QED) is 0.903. The SMILES string of the molecule is CC(C)(NC(=O)Nc1ccc2c(c1)OCCO2)c1ccc(F)cc1. The summed E-state index contributed by atoms with van der Waals surface area (Å²) >= 11 is 0. The third-order valence-corrected chi connectivity index (χ3v) is 3.79. The Balaban J connectivity index is 1.67. The van der Waals surface area contributed by atoms with Crippen molar-refractivity contribution in [2.24, 2.45) is 0 Å². The minimum Gasteiger partial charge on any atom is -0.486 e. The van der Waals surface area contributed by atoms with E-state index < -0.39 is 5.54 Å². The van der Waals surface area contributed by atoms with Crippen LogP contribution in [0, 0.1) is 5.82 Å². The average Bonchev–Trinajstić information content (AvgIpc) is 2.54. The molecule has 2 N–H and O–H groups in total. The molecule has 1 aliphatic heterocycles. The van der Waals surface area contributed by atoms with Gasteiger partial charge >= 0.3 is 6.03 Å². The molecule has 3 rings (SSSR count). The number of anilines is 1. The van der Waals surface area contributed by atoms with E-state index in [9.17, 15) is 9.18 Å². The van der Waals surface area contributed by atoms with Crippen LogP contribution in [0.1, 0.15) is 19.4 Å². The van der Waals surface area contributed by atoms with Crippen LogP contribution in [0.3, 0.4) is 0 Å². The smallest absolute Gasteiger partial charge is 0.319 e. The third kappa shape index (κ3) is 3.59. The van der Waals surface area contributed by atoms with Gasteiger partial charge in [0.05, 0.1) is 5.54 Å². The van der Waals surface area contributed by atoms with Crippen LogP contribution in [0.5, 0.6) is 11.5 Å². The van der Waals surface area contributed by atoms with E-state index in [1.807, 2.05) is 13.8 Å². The fraction of sp³-hybridized carbons (Fsp3) is 0.278. The first kappa shape index (κ1) is 16.1. The molecule has 0 spiro atoms. The highest BCUT2D eigenvalue weighted by Gasteiger charge is 2.23. The van der Waals surface area contributed by atoms with Gasteiger partial charge in [-0.25, -0.2) is 9.18 Å². The lowest BCUT2D eigenvalue weighted by Gasteiger charge is -2.27. The second-order valence-electron chi connectivity index (χ2n) is 6.07. The van der Waals surface area contributed by atoms with Crippen LogP contribution in [0.2, 0.25) is 0 Å². The van der Waals surface area contributed by atoms with Gasteiger partial charge in [-0.2, -0.15) is 0 Å². The number of rotatable bonds is 3. The molecule has 2 amide bonds. The number of nitrogens with one attached hydrogen (secondary N) is 2. The van der Waals surface area contributed by atoms with Gasteiger partial charge in [0.15, 0.2) is 11.5 Å². The standard InChI is InChI=1S/C18H19FN2O3/c1-18(2,12-3-5-13(19)6-4-12)21-17(22)20-14-7-8-15-16(11-14)24-10-9-23-15/h3-8,11H,9-10H2,1-2H3,(H2,20,21,22). The molecule has 0 radical (unpaired) electrons. The summed E-state index contributed by atoms with van der Waals surface area (Å²) in [6.45, 7) is 4.71. The van der Waals surface area contributed by atoms with Gasteiger partial charge in [0.2, 0.25) is 0 Å². The summed E-state index contributed by atoms with van der Waals surface area (Å²) in [5.41, 5.74) is 0.763. The number of hydrogen-bond donors (Lipinski definition) is 2. The zero-order chi connectivity index (χ0) is 17.2. The molecule has 24 heavy (non-hydrogen) atoms. The molecule has 0 bridgehead atoms. The van der Waals surface area contributed by atoms with Crippen molar-refractivity contribution >= 4 is 11.7 Å². The number of ether oxygens (including phenoxy) is 2. The van der Waals surface area contributed by atoms with Crippen molar-refractivity contribution in [2.45, 2.75) is 19.4 Å². The summed E-state index contributed by atoms with van der Waals surface area (Å²) in [6.07, 6.45) is 0. The van der Waals surface area contributed by atoms with Crippen molar-refractivity contribution in [1.29, 1.82) is 0 Å². The Morgan fingerprint density at radius 2 is 1.71 bits per heavy atom. The fourth-order valence-electron chi connectivity index (χ4n) is 2.51. The maximum Gasteiger partial charge on any atom is 0.319 e. The Kier molecular flexibility index (Phi) is 4.29.